The molecule has 0 saturated carbocycles. The number of para-hydroxylation sites is 1. The Labute approximate surface area is 165 Å². The van der Waals surface area contributed by atoms with Crippen LogP contribution in [0.2, 0.25) is 0 Å². The summed E-state index contributed by atoms with van der Waals surface area (Å²) >= 11 is 0. The topological polar surface area (TPSA) is 51.3 Å². The summed E-state index contributed by atoms with van der Waals surface area (Å²) in [7, 11) is 0. The first kappa shape index (κ1) is 18.4. The van der Waals surface area contributed by atoms with E-state index in [9.17, 15) is 10.1 Å². The van der Waals surface area contributed by atoms with Crippen LogP contribution in [0.5, 0.6) is 0 Å². The maximum Gasteiger partial charge on any atom is 0.274 e. The summed E-state index contributed by atoms with van der Waals surface area (Å²) in [6, 6.07) is 17.8. The van der Waals surface area contributed by atoms with Crippen molar-refractivity contribution in [2.45, 2.75) is 39.4 Å². The highest BCUT2D eigenvalue weighted by Gasteiger charge is 2.32. The molecule has 3 aromatic rings. The van der Waals surface area contributed by atoms with E-state index in [1.54, 1.807) is 12.1 Å². The Morgan fingerprint density at radius 3 is 2.54 bits per heavy atom. The lowest BCUT2D eigenvalue weighted by Gasteiger charge is -2.30. The molecule has 0 aliphatic carbocycles. The van der Waals surface area contributed by atoms with Crippen LogP contribution in [0.15, 0.2) is 60.8 Å². The van der Waals surface area contributed by atoms with Gasteiger partial charge in [0.15, 0.2) is 0 Å². The summed E-state index contributed by atoms with van der Waals surface area (Å²) in [5.41, 5.74) is 5.81. The average molecular weight is 375 g/mol. The molecule has 0 amide bonds. The van der Waals surface area contributed by atoms with Gasteiger partial charge in [0, 0.05) is 37.6 Å². The Kier molecular flexibility index (Phi) is 5.01. The zero-order chi connectivity index (χ0) is 19.7. The van der Waals surface area contributed by atoms with Crippen LogP contribution in [0.3, 0.4) is 0 Å². The average Bonchev–Trinajstić information content (AvgIpc) is 3.03. The third-order valence-electron chi connectivity index (χ3n) is 5.45. The molecule has 0 fully saturated rings. The lowest BCUT2D eigenvalue weighted by Crippen LogP contribution is -2.30. The second-order valence-electron chi connectivity index (χ2n) is 7.66. The fraction of sp³-hybridized carbons (Fsp3) is 0.304. The van der Waals surface area contributed by atoms with E-state index in [0.717, 1.165) is 37.3 Å². The lowest BCUT2D eigenvalue weighted by molar-refractivity contribution is -0.385. The predicted octanol–water partition coefficient (Wildman–Crippen LogP) is 5.01. The minimum absolute atomic E-state index is 0.139. The Balaban J connectivity index is 1.81. The zero-order valence-electron chi connectivity index (χ0n) is 16.3. The van der Waals surface area contributed by atoms with Crippen molar-refractivity contribution in [2.75, 3.05) is 6.54 Å². The summed E-state index contributed by atoms with van der Waals surface area (Å²) in [6.45, 7) is 6.83. The van der Waals surface area contributed by atoms with Crippen molar-refractivity contribution in [3.05, 3.63) is 98.9 Å². The third-order valence-corrected chi connectivity index (χ3v) is 5.45. The number of nitrogens with zero attached hydrogens (tertiary/aromatic N) is 3. The minimum Gasteiger partial charge on any atom is -0.350 e. The van der Waals surface area contributed by atoms with Crippen molar-refractivity contribution < 1.29 is 4.92 Å². The van der Waals surface area contributed by atoms with Crippen molar-refractivity contribution in [3.63, 3.8) is 0 Å². The van der Waals surface area contributed by atoms with Gasteiger partial charge in [-0.15, -0.1) is 0 Å². The first-order valence-electron chi connectivity index (χ1n) is 9.72. The van der Waals surface area contributed by atoms with Gasteiger partial charge in [0.1, 0.15) is 0 Å². The molecule has 0 N–H and O–H groups in total. The molecule has 1 aliphatic rings. The van der Waals surface area contributed by atoms with Crippen LogP contribution in [-0.4, -0.2) is 20.9 Å². The molecule has 5 heteroatoms. The van der Waals surface area contributed by atoms with Gasteiger partial charge >= 0.3 is 0 Å². The molecule has 0 radical (unpaired) electrons. The number of aryl methyl sites for hydroxylation is 3. The van der Waals surface area contributed by atoms with Crippen LogP contribution in [-0.2, 0) is 13.1 Å². The molecule has 0 bridgehead atoms. The first-order valence-corrected chi connectivity index (χ1v) is 9.72. The fourth-order valence-corrected chi connectivity index (χ4v) is 4.45. The molecule has 0 saturated heterocycles. The summed E-state index contributed by atoms with van der Waals surface area (Å²) in [5, 5.41) is 11.7. The Morgan fingerprint density at radius 1 is 1.04 bits per heavy atom. The molecule has 2 heterocycles. The van der Waals surface area contributed by atoms with Crippen molar-refractivity contribution in [1.29, 1.82) is 0 Å². The van der Waals surface area contributed by atoms with Crippen LogP contribution in [0, 0.1) is 24.0 Å². The van der Waals surface area contributed by atoms with Gasteiger partial charge in [-0.3, -0.25) is 15.0 Å². The minimum atomic E-state index is -0.261. The van der Waals surface area contributed by atoms with Crippen molar-refractivity contribution in [2.24, 2.45) is 0 Å². The summed E-state index contributed by atoms with van der Waals surface area (Å²) < 4.78 is 2.24. The number of fused-ring (bicyclic) bond motifs is 1. The van der Waals surface area contributed by atoms with E-state index in [-0.39, 0.29) is 16.7 Å². The largest absolute Gasteiger partial charge is 0.350 e. The van der Waals surface area contributed by atoms with E-state index in [0.29, 0.717) is 0 Å². The Hall–Kier alpha value is -2.92. The number of benzene rings is 2. The highest BCUT2D eigenvalue weighted by atomic mass is 16.6. The number of hydrogen-bond acceptors (Lipinski definition) is 3. The molecule has 144 valence electrons. The van der Waals surface area contributed by atoms with E-state index < -0.39 is 0 Å². The highest BCUT2D eigenvalue weighted by Crippen LogP contribution is 2.37. The molecular formula is C23H25N3O2. The molecule has 1 atom stereocenters. The van der Waals surface area contributed by atoms with Gasteiger partial charge in [0.05, 0.1) is 16.5 Å². The van der Waals surface area contributed by atoms with Crippen LogP contribution in [0.1, 0.15) is 40.4 Å². The number of aromatic nitrogens is 1. The van der Waals surface area contributed by atoms with Crippen LogP contribution < -0.4 is 0 Å². The molecule has 4 rings (SSSR count). The molecule has 1 aliphatic heterocycles. The Morgan fingerprint density at radius 2 is 1.79 bits per heavy atom. The normalized spacial score (nSPS) is 17.1. The van der Waals surface area contributed by atoms with Crippen LogP contribution in [0.4, 0.5) is 5.69 Å². The highest BCUT2D eigenvalue weighted by molar-refractivity contribution is 5.46. The SMILES string of the molecule is Cc1cc(C)cc(CN2CCCn3cccc3C2c2ccccc2[N+](=O)[O-])c1. The fourth-order valence-electron chi connectivity index (χ4n) is 4.45. The van der Waals surface area contributed by atoms with Gasteiger partial charge in [0.25, 0.3) is 5.69 Å². The van der Waals surface area contributed by atoms with E-state index in [4.69, 9.17) is 0 Å². The van der Waals surface area contributed by atoms with Gasteiger partial charge in [-0.25, -0.2) is 0 Å². The monoisotopic (exact) mass is 375 g/mol. The van der Waals surface area contributed by atoms with Gasteiger partial charge in [-0.05, 0) is 38.0 Å². The van der Waals surface area contributed by atoms with Crippen molar-refractivity contribution in [1.82, 2.24) is 9.47 Å². The van der Waals surface area contributed by atoms with Crippen molar-refractivity contribution >= 4 is 5.69 Å². The molecular weight excluding hydrogens is 350 g/mol. The molecule has 0 spiro atoms. The molecule has 2 aromatic carbocycles. The molecule has 1 unspecified atom stereocenters. The smallest absolute Gasteiger partial charge is 0.274 e. The zero-order valence-corrected chi connectivity index (χ0v) is 16.3. The quantitative estimate of drug-likeness (QED) is 0.476. The van der Waals surface area contributed by atoms with E-state index in [2.05, 4.69) is 53.8 Å². The predicted molar refractivity (Wildman–Crippen MR) is 110 cm³/mol. The maximum absolute atomic E-state index is 11.7. The lowest BCUT2D eigenvalue weighted by atomic mass is 9.98. The van der Waals surface area contributed by atoms with Gasteiger partial charge in [-0.1, -0.05) is 47.5 Å². The van der Waals surface area contributed by atoms with Crippen LogP contribution >= 0.6 is 0 Å². The third kappa shape index (κ3) is 3.58. The number of rotatable bonds is 4. The second-order valence-corrected chi connectivity index (χ2v) is 7.66. The Bertz CT molecular complexity index is 988. The van der Waals surface area contributed by atoms with Gasteiger partial charge in [-0.2, -0.15) is 0 Å². The maximum atomic E-state index is 11.7. The van der Waals surface area contributed by atoms with Crippen LogP contribution in [0.25, 0.3) is 0 Å². The van der Waals surface area contributed by atoms with Gasteiger partial charge < -0.3 is 4.57 Å². The standard InChI is InChI=1S/C23H25N3O2/c1-17-13-18(2)15-19(14-17)16-25-12-6-11-24-10-5-9-22(24)23(25)20-7-3-4-8-21(20)26(27)28/h3-5,7-10,13-15,23H,6,11-12,16H2,1-2H3. The van der Waals surface area contributed by atoms with E-state index in [1.165, 1.54) is 16.7 Å². The number of nitro benzene ring substituents is 1. The second kappa shape index (κ2) is 7.60. The summed E-state index contributed by atoms with van der Waals surface area (Å²) in [4.78, 5) is 13.9. The van der Waals surface area contributed by atoms with Crippen molar-refractivity contribution in [3.8, 4) is 0 Å². The number of nitro groups is 1. The molecule has 1 aromatic heterocycles. The van der Waals surface area contributed by atoms with E-state index in [1.807, 2.05) is 18.2 Å². The summed E-state index contributed by atoms with van der Waals surface area (Å²) in [6.07, 6.45) is 3.10. The first-order chi connectivity index (χ1) is 13.5. The van der Waals surface area contributed by atoms with Gasteiger partial charge in [0.2, 0.25) is 0 Å². The summed E-state index contributed by atoms with van der Waals surface area (Å²) in [5.74, 6) is 0. The molecule has 5 nitrogen and oxygen atoms in total. The molecule has 28 heavy (non-hydrogen) atoms. The number of hydrogen-bond donors (Lipinski definition) is 0. The van der Waals surface area contributed by atoms with E-state index >= 15 is 0 Å².